The van der Waals surface area contributed by atoms with Crippen LogP contribution in [0.5, 0.6) is 11.5 Å². The van der Waals surface area contributed by atoms with E-state index in [2.05, 4.69) is 31.0 Å². The van der Waals surface area contributed by atoms with Crippen molar-refractivity contribution < 1.29 is 14.3 Å². The van der Waals surface area contributed by atoms with Gasteiger partial charge in [-0.2, -0.15) is 5.26 Å². The first-order valence-corrected chi connectivity index (χ1v) is 13.6. The van der Waals surface area contributed by atoms with Crippen molar-refractivity contribution in [2.24, 2.45) is 0 Å². The van der Waals surface area contributed by atoms with Crippen LogP contribution in [-0.4, -0.2) is 50.1 Å². The third-order valence-electron chi connectivity index (χ3n) is 7.04. The third-order valence-corrected chi connectivity index (χ3v) is 7.04. The molecule has 0 amide bonds. The summed E-state index contributed by atoms with van der Waals surface area (Å²) in [7, 11) is 3.26. The Morgan fingerprint density at radius 3 is 2.16 bits per heavy atom. The van der Waals surface area contributed by atoms with Gasteiger partial charge in [0.15, 0.2) is 17.8 Å². The second kappa shape index (κ2) is 12.4. The Morgan fingerprint density at radius 1 is 0.909 bits per heavy atom. The highest BCUT2D eigenvalue weighted by Crippen LogP contribution is 2.35. The van der Waals surface area contributed by atoms with Crippen molar-refractivity contribution in [1.29, 1.82) is 5.26 Å². The number of ether oxygens (including phenoxy) is 2. The second-order valence-electron chi connectivity index (χ2n) is 9.80. The van der Waals surface area contributed by atoms with Crippen LogP contribution in [-0.2, 0) is 13.1 Å². The van der Waals surface area contributed by atoms with Crippen molar-refractivity contribution >= 4 is 17.8 Å². The van der Waals surface area contributed by atoms with Gasteiger partial charge in [-0.3, -0.25) is 4.79 Å². The molecule has 0 aliphatic rings. The molecule has 44 heavy (non-hydrogen) atoms. The zero-order valence-electron chi connectivity index (χ0n) is 24.0. The number of methoxy groups -OCH3 is 2. The van der Waals surface area contributed by atoms with E-state index in [1.54, 1.807) is 49.2 Å². The van der Waals surface area contributed by atoms with Gasteiger partial charge >= 0.3 is 0 Å². The van der Waals surface area contributed by atoms with Crippen LogP contribution in [0, 0.1) is 11.3 Å². The summed E-state index contributed by atoms with van der Waals surface area (Å²) in [6.07, 6.45) is 3.66. The average molecular weight is 583 g/mol. The lowest BCUT2D eigenvalue weighted by atomic mass is 10.0. The Hall–Kier alpha value is -6.15. The Morgan fingerprint density at radius 2 is 1.59 bits per heavy atom. The normalized spacial score (nSPS) is 10.8. The van der Waals surface area contributed by atoms with Crippen molar-refractivity contribution in [1.82, 2.24) is 29.5 Å². The van der Waals surface area contributed by atoms with E-state index < -0.39 is 0 Å². The summed E-state index contributed by atoms with van der Waals surface area (Å²) >= 11 is 0. The molecular weight excluding hydrogens is 556 g/mol. The number of hydrogen-bond donors (Lipinski definition) is 0. The highest BCUT2D eigenvalue weighted by atomic mass is 16.5. The number of carbonyl (C=O) groups excluding carboxylic acids is 1. The Balaban J connectivity index is 1.61. The maximum absolute atomic E-state index is 12.0. The topological polar surface area (TPSA) is 131 Å². The lowest BCUT2D eigenvalue weighted by Gasteiger charge is -2.26. The van der Waals surface area contributed by atoms with Crippen LogP contribution < -0.4 is 14.4 Å². The van der Waals surface area contributed by atoms with Crippen molar-refractivity contribution in [2.45, 2.75) is 13.1 Å². The van der Waals surface area contributed by atoms with E-state index in [4.69, 9.17) is 14.5 Å². The molecule has 0 aliphatic carbocycles. The number of nitriles is 1. The Bertz CT molecular complexity index is 1920. The van der Waals surface area contributed by atoms with Crippen LogP contribution in [0.3, 0.4) is 0 Å². The number of aromatic nitrogens is 6. The van der Waals surface area contributed by atoms with Crippen LogP contribution >= 0.6 is 0 Å². The molecule has 0 spiro atoms. The second-order valence-corrected chi connectivity index (χ2v) is 9.80. The number of hydrogen-bond acceptors (Lipinski definition) is 10. The van der Waals surface area contributed by atoms with E-state index in [1.165, 1.54) is 6.33 Å². The van der Waals surface area contributed by atoms with Gasteiger partial charge in [0.25, 0.3) is 0 Å². The van der Waals surface area contributed by atoms with Gasteiger partial charge in [-0.1, -0.05) is 36.4 Å². The summed E-state index contributed by atoms with van der Waals surface area (Å²) in [6.45, 7) is 0.902. The average Bonchev–Trinajstić information content (AvgIpc) is 3.53. The fraction of sp³-hybridized carbons (Fsp3) is 0.121. The number of rotatable bonds is 10. The summed E-state index contributed by atoms with van der Waals surface area (Å²) in [4.78, 5) is 32.4. The van der Waals surface area contributed by atoms with E-state index >= 15 is 0 Å². The zero-order valence-corrected chi connectivity index (χ0v) is 24.0. The van der Waals surface area contributed by atoms with Gasteiger partial charge in [0, 0.05) is 24.8 Å². The first-order valence-electron chi connectivity index (χ1n) is 13.6. The quantitative estimate of drug-likeness (QED) is 0.200. The van der Waals surface area contributed by atoms with Crippen molar-refractivity contribution in [3.05, 3.63) is 114 Å². The lowest BCUT2D eigenvalue weighted by Crippen LogP contribution is -2.25. The fourth-order valence-corrected chi connectivity index (χ4v) is 4.91. The number of benzene rings is 3. The van der Waals surface area contributed by atoms with E-state index in [9.17, 15) is 10.1 Å². The van der Waals surface area contributed by atoms with Crippen LogP contribution in [0.25, 0.3) is 28.3 Å². The molecule has 0 bridgehead atoms. The molecule has 0 saturated carbocycles. The summed E-state index contributed by atoms with van der Waals surface area (Å²) in [5, 5.41) is 14.2. The summed E-state index contributed by atoms with van der Waals surface area (Å²) in [6, 6.07) is 26.7. The number of aldehydes is 1. The zero-order chi connectivity index (χ0) is 30.5. The molecule has 11 nitrogen and oxygen atoms in total. The first kappa shape index (κ1) is 28.0. The maximum atomic E-state index is 12.0. The number of nitrogens with zero attached hydrogens (tertiary/aromatic N) is 8. The molecule has 0 fully saturated rings. The lowest BCUT2D eigenvalue weighted by molar-refractivity contribution is 0.111. The molecule has 216 valence electrons. The number of fused-ring (bicyclic) bond motifs is 1. The largest absolute Gasteiger partial charge is 0.497 e. The molecule has 0 atom stereocenters. The molecule has 3 heterocycles. The summed E-state index contributed by atoms with van der Waals surface area (Å²) < 4.78 is 12.3. The molecular formula is C33H26N8O3. The Kier molecular flexibility index (Phi) is 7.88. The smallest absolute Gasteiger partial charge is 0.215 e. The van der Waals surface area contributed by atoms with Gasteiger partial charge in [-0.15, -0.1) is 5.10 Å². The van der Waals surface area contributed by atoms with Gasteiger partial charge in [0.05, 0.1) is 31.5 Å². The molecule has 0 saturated heterocycles. The monoisotopic (exact) mass is 582 g/mol. The summed E-state index contributed by atoms with van der Waals surface area (Å²) in [5.74, 6) is 1.99. The van der Waals surface area contributed by atoms with Gasteiger partial charge in [-0.25, -0.2) is 24.5 Å². The standard InChI is InChI=1S/C33H26N8O3/c1-43-26-10-6-22(7-11-26)18-40(19-23-8-12-27(44-2)13-9-23)32-33-37-29(20-42)39-41(33)31(28-14-15-35-21-36-28)30(38-32)25-5-3-4-24(16-25)17-34/h3-16,20-21H,18-19H2,1-2H3. The molecule has 3 aromatic carbocycles. The third kappa shape index (κ3) is 5.64. The van der Waals surface area contributed by atoms with Crippen LogP contribution in [0.2, 0.25) is 0 Å². The molecule has 0 aliphatic heterocycles. The SMILES string of the molecule is COc1ccc(CN(Cc2ccc(OC)cc2)c2nc(-c3cccc(C#N)c3)c(-c3ccncn3)n3nc(C=O)nc23)cc1. The minimum absolute atomic E-state index is 0.000117. The molecule has 0 N–H and O–H groups in total. The molecule has 11 heteroatoms. The number of anilines is 1. The first-order chi connectivity index (χ1) is 21.6. The van der Waals surface area contributed by atoms with Gasteiger partial charge in [-0.05, 0) is 53.6 Å². The van der Waals surface area contributed by atoms with Gasteiger partial charge in [0.2, 0.25) is 5.82 Å². The molecule has 6 aromatic rings. The van der Waals surface area contributed by atoms with E-state index in [-0.39, 0.29) is 5.82 Å². The van der Waals surface area contributed by atoms with Crippen molar-refractivity contribution in [2.75, 3.05) is 19.1 Å². The van der Waals surface area contributed by atoms with Crippen molar-refractivity contribution in [3.63, 3.8) is 0 Å². The van der Waals surface area contributed by atoms with E-state index in [0.717, 1.165) is 22.6 Å². The van der Waals surface area contributed by atoms with E-state index in [0.29, 0.717) is 59.0 Å². The van der Waals surface area contributed by atoms with Crippen LogP contribution in [0.1, 0.15) is 27.3 Å². The molecule has 3 aromatic heterocycles. The summed E-state index contributed by atoms with van der Waals surface area (Å²) in [5.41, 5.74) is 5.09. The van der Waals surface area contributed by atoms with E-state index in [1.807, 2.05) is 54.6 Å². The maximum Gasteiger partial charge on any atom is 0.215 e. The van der Waals surface area contributed by atoms with Gasteiger partial charge < -0.3 is 14.4 Å². The predicted octanol–water partition coefficient (Wildman–Crippen LogP) is 5.16. The Labute approximate surface area is 253 Å². The van der Waals surface area contributed by atoms with Gasteiger partial charge in [0.1, 0.15) is 29.2 Å². The molecule has 0 unspecified atom stereocenters. The molecule has 0 radical (unpaired) electrons. The predicted molar refractivity (Wildman–Crippen MR) is 163 cm³/mol. The highest BCUT2D eigenvalue weighted by Gasteiger charge is 2.25. The fourth-order valence-electron chi connectivity index (χ4n) is 4.91. The minimum atomic E-state index is 0.000117. The van der Waals surface area contributed by atoms with Crippen LogP contribution in [0.4, 0.5) is 5.82 Å². The van der Waals surface area contributed by atoms with Crippen LogP contribution in [0.15, 0.2) is 91.4 Å². The highest BCUT2D eigenvalue weighted by molar-refractivity contribution is 5.84. The molecule has 6 rings (SSSR count). The number of carbonyl (C=O) groups is 1. The van der Waals surface area contributed by atoms with Crippen molar-refractivity contribution in [3.8, 4) is 40.2 Å². The minimum Gasteiger partial charge on any atom is -0.497 e.